The second-order valence-electron chi connectivity index (χ2n) is 4.63. The number of benzene rings is 1. The van der Waals surface area contributed by atoms with E-state index in [9.17, 15) is 17.4 Å². The predicted molar refractivity (Wildman–Crippen MR) is 80.4 cm³/mol. The molecule has 1 aromatic carbocycles. The molecule has 0 aliphatic rings. The molecule has 0 aliphatic carbocycles. The summed E-state index contributed by atoms with van der Waals surface area (Å²) in [6, 6.07) is 6.14. The van der Waals surface area contributed by atoms with Gasteiger partial charge in [-0.05, 0) is 24.6 Å². The Morgan fingerprint density at radius 3 is 2.45 bits per heavy atom. The number of aryl methyl sites for hydroxylation is 1. The summed E-state index contributed by atoms with van der Waals surface area (Å²) in [5.74, 6) is 0.842. The van der Waals surface area contributed by atoms with Crippen LogP contribution < -0.4 is 4.74 Å². The van der Waals surface area contributed by atoms with Crippen molar-refractivity contribution in [3.05, 3.63) is 45.9 Å². The second kappa shape index (κ2) is 7.23. The normalized spacial score (nSPS) is 13.1. The molecule has 0 saturated carbocycles. The van der Waals surface area contributed by atoms with Crippen molar-refractivity contribution in [2.75, 3.05) is 6.61 Å². The first-order valence-corrected chi connectivity index (χ1v) is 8.73. The molecule has 120 valence electrons. The van der Waals surface area contributed by atoms with Gasteiger partial charge >= 0.3 is 6.18 Å². The molecule has 0 N–H and O–H groups in total. The molecule has 2 aromatic rings. The van der Waals surface area contributed by atoms with Gasteiger partial charge in [-0.3, -0.25) is 4.21 Å². The zero-order valence-corrected chi connectivity index (χ0v) is 13.4. The zero-order valence-electron chi connectivity index (χ0n) is 11.7. The van der Waals surface area contributed by atoms with Crippen molar-refractivity contribution in [3.8, 4) is 5.75 Å². The quantitative estimate of drug-likeness (QED) is 0.795. The Morgan fingerprint density at radius 2 is 1.91 bits per heavy atom. The molecule has 8 heteroatoms. The number of nitrogens with zero attached hydrogens (tertiary/aromatic N) is 1. The minimum absolute atomic E-state index is 0.141. The lowest BCUT2D eigenvalue weighted by atomic mass is 10.2. The zero-order chi connectivity index (χ0) is 16.2. The molecule has 0 fully saturated rings. The monoisotopic (exact) mass is 349 g/mol. The summed E-state index contributed by atoms with van der Waals surface area (Å²) in [4.78, 5) is 4.25. The molecule has 0 saturated heterocycles. The fourth-order valence-corrected chi connectivity index (χ4v) is 3.59. The lowest BCUT2D eigenvalue weighted by Gasteiger charge is -2.09. The fourth-order valence-electron chi connectivity index (χ4n) is 1.72. The van der Waals surface area contributed by atoms with Gasteiger partial charge in [0.25, 0.3) is 0 Å². The van der Waals surface area contributed by atoms with Gasteiger partial charge in [0.1, 0.15) is 5.75 Å². The van der Waals surface area contributed by atoms with Crippen LogP contribution in [0, 0.1) is 6.92 Å². The average Bonchev–Trinajstić information content (AvgIpc) is 2.82. The smallest absolute Gasteiger partial charge is 0.422 e. The molecule has 0 unspecified atom stereocenters. The summed E-state index contributed by atoms with van der Waals surface area (Å²) in [7, 11) is -1.11. The van der Waals surface area contributed by atoms with Crippen molar-refractivity contribution >= 4 is 22.1 Å². The molecule has 1 atom stereocenters. The summed E-state index contributed by atoms with van der Waals surface area (Å²) < 4.78 is 52.7. The first kappa shape index (κ1) is 17.0. The van der Waals surface area contributed by atoms with Crippen molar-refractivity contribution in [2.45, 2.75) is 24.6 Å². The van der Waals surface area contributed by atoms with Crippen molar-refractivity contribution in [3.63, 3.8) is 0 Å². The van der Waals surface area contributed by atoms with Crippen LogP contribution in [0.3, 0.4) is 0 Å². The van der Waals surface area contributed by atoms with Crippen molar-refractivity contribution < 1.29 is 22.1 Å². The van der Waals surface area contributed by atoms with Crippen LogP contribution in [-0.2, 0) is 22.3 Å². The molecule has 0 radical (unpaired) electrons. The van der Waals surface area contributed by atoms with Gasteiger partial charge < -0.3 is 4.74 Å². The molecule has 0 aliphatic heterocycles. The third-order valence-corrected chi connectivity index (χ3v) is 4.72. The SMILES string of the molecule is Cc1nc(C[S@](=O)Cc2ccc(OCC(F)(F)F)cc2)cs1. The summed E-state index contributed by atoms with van der Waals surface area (Å²) in [6.45, 7) is 0.568. The molecule has 0 bridgehead atoms. The first-order chi connectivity index (χ1) is 10.3. The highest BCUT2D eigenvalue weighted by Gasteiger charge is 2.28. The van der Waals surface area contributed by atoms with Crippen molar-refractivity contribution in [2.24, 2.45) is 0 Å². The standard InChI is InChI=1S/C14H14F3NO2S2/c1-10-18-12(6-21-10)8-22(19)7-11-2-4-13(5-3-11)20-9-14(15,16)17/h2-6H,7-9H2,1H3/t22-/m1/s1. The summed E-state index contributed by atoms with van der Waals surface area (Å²) in [5, 5.41) is 2.81. The maximum atomic E-state index is 12.0. The first-order valence-electron chi connectivity index (χ1n) is 6.36. The maximum absolute atomic E-state index is 12.0. The Morgan fingerprint density at radius 1 is 1.23 bits per heavy atom. The molecular formula is C14H14F3NO2S2. The van der Waals surface area contributed by atoms with E-state index < -0.39 is 23.6 Å². The van der Waals surface area contributed by atoms with Crippen molar-refractivity contribution in [1.29, 1.82) is 0 Å². The molecule has 0 spiro atoms. The Kier molecular flexibility index (Phi) is 5.57. The third kappa shape index (κ3) is 5.76. The fraction of sp³-hybridized carbons (Fsp3) is 0.357. The van der Waals surface area contributed by atoms with Gasteiger partial charge in [-0.25, -0.2) is 4.98 Å². The van der Waals surface area contributed by atoms with Crippen LogP contribution in [0.25, 0.3) is 0 Å². The van der Waals surface area contributed by atoms with E-state index in [4.69, 9.17) is 0 Å². The average molecular weight is 349 g/mol. The summed E-state index contributed by atoms with van der Waals surface area (Å²) in [5.41, 5.74) is 1.58. The van der Waals surface area contributed by atoms with E-state index in [1.54, 1.807) is 12.1 Å². The predicted octanol–water partition coefficient (Wildman–Crippen LogP) is 3.84. The lowest BCUT2D eigenvalue weighted by molar-refractivity contribution is -0.153. The number of hydrogen-bond acceptors (Lipinski definition) is 4. The number of rotatable bonds is 6. The van der Waals surface area contributed by atoms with E-state index in [2.05, 4.69) is 9.72 Å². The number of hydrogen-bond donors (Lipinski definition) is 0. The second-order valence-corrected chi connectivity index (χ2v) is 7.15. The molecular weight excluding hydrogens is 335 g/mol. The molecule has 22 heavy (non-hydrogen) atoms. The third-order valence-electron chi connectivity index (χ3n) is 2.63. The maximum Gasteiger partial charge on any atom is 0.422 e. The highest BCUT2D eigenvalue weighted by molar-refractivity contribution is 7.83. The van der Waals surface area contributed by atoms with E-state index in [0.29, 0.717) is 11.5 Å². The van der Waals surface area contributed by atoms with Crippen molar-refractivity contribution in [1.82, 2.24) is 4.98 Å². The van der Waals surface area contributed by atoms with Crippen LogP contribution in [0.4, 0.5) is 13.2 Å². The number of aromatic nitrogens is 1. The molecule has 3 nitrogen and oxygen atoms in total. The number of halogens is 3. The van der Waals surface area contributed by atoms with E-state index in [1.807, 2.05) is 12.3 Å². The van der Waals surface area contributed by atoms with Gasteiger partial charge in [0, 0.05) is 21.9 Å². The van der Waals surface area contributed by atoms with Crippen LogP contribution in [0.15, 0.2) is 29.6 Å². The van der Waals surface area contributed by atoms with Gasteiger partial charge in [-0.1, -0.05) is 12.1 Å². The number of alkyl halides is 3. The van der Waals surface area contributed by atoms with Crippen LogP contribution in [0.1, 0.15) is 16.3 Å². The molecule has 0 amide bonds. The topological polar surface area (TPSA) is 39.2 Å². The van der Waals surface area contributed by atoms with E-state index in [0.717, 1.165) is 16.3 Å². The minimum atomic E-state index is -4.36. The molecule has 1 heterocycles. The Balaban J connectivity index is 1.86. The van der Waals surface area contributed by atoms with Crippen LogP contribution >= 0.6 is 11.3 Å². The van der Waals surface area contributed by atoms with E-state index in [1.165, 1.54) is 23.5 Å². The molecule has 2 rings (SSSR count). The highest BCUT2D eigenvalue weighted by atomic mass is 32.2. The highest BCUT2D eigenvalue weighted by Crippen LogP contribution is 2.19. The number of ether oxygens (including phenoxy) is 1. The van der Waals surface area contributed by atoms with Gasteiger partial charge in [-0.15, -0.1) is 11.3 Å². The van der Waals surface area contributed by atoms with Gasteiger partial charge in [0.15, 0.2) is 6.61 Å². The van der Waals surface area contributed by atoms with Crippen LogP contribution in [0.5, 0.6) is 5.75 Å². The van der Waals surface area contributed by atoms with Gasteiger partial charge in [0.2, 0.25) is 0 Å². The largest absolute Gasteiger partial charge is 0.484 e. The minimum Gasteiger partial charge on any atom is -0.484 e. The Labute approximate surface area is 132 Å². The number of thiazole rings is 1. The van der Waals surface area contributed by atoms with Gasteiger partial charge in [0.05, 0.1) is 16.5 Å². The van der Waals surface area contributed by atoms with Crippen LogP contribution in [0.2, 0.25) is 0 Å². The van der Waals surface area contributed by atoms with Crippen LogP contribution in [-0.4, -0.2) is 22.0 Å². The molecule has 1 aromatic heterocycles. The van der Waals surface area contributed by atoms with Gasteiger partial charge in [-0.2, -0.15) is 13.2 Å². The summed E-state index contributed by atoms with van der Waals surface area (Å²) in [6.07, 6.45) is -4.36. The Hall–Kier alpha value is -1.41. The summed E-state index contributed by atoms with van der Waals surface area (Å²) >= 11 is 1.51. The van der Waals surface area contributed by atoms with E-state index in [-0.39, 0.29) is 5.75 Å². The lowest BCUT2D eigenvalue weighted by Crippen LogP contribution is -2.19. The Bertz CT molecular complexity index is 638. The van der Waals surface area contributed by atoms with E-state index >= 15 is 0 Å².